The molecule has 4 heteroatoms. The molecule has 0 bridgehead atoms. The van der Waals surface area contributed by atoms with Crippen molar-refractivity contribution in [3.63, 3.8) is 0 Å². The molecule has 0 nitrogen and oxygen atoms in total. The second-order valence-corrected chi connectivity index (χ2v) is 6.28. The minimum absolute atomic E-state index is 0. The summed E-state index contributed by atoms with van der Waals surface area (Å²) in [4.78, 5) is 0. The zero-order valence-electron chi connectivity index (χ0n) is 9.66. The van der Waals surface area contributed by atoms with E-state index in [1.165, 1.54) is 5.57 Å². The molecule has 1 aliphatic carbocycles. The molecule has 1 atom stereocenters. The Morgan fingerprint density at radius 2 is 1.87 bits per heavy atom. The molecule has 1 aliphatic rings. The van der Waals surface area contributed by atoms with Gasteiger partial charge < -0.3 is 0 Å². The molecule has 15 heavy (non-hydrogen) atoms. The van der Waals surface area contributed by atoms with E-state index < -0.39 is 0 Å². The Morgan fingerprint density at radius 3 is 2.20 bits per heavy atom. The summed E-state index contributed by atoms with van der Waals surface area (Å²) in [6.45, 7) is 9.03. The van der Waals surface area contributed by atoms with Gasteiger partial charge in [-0.3, -0.25) is 6.08 Å². The van der Waals surface area contributed by atoms with E-state index in [2.05, 4.69) is 45.9 Å². The number of rotatable bonds is 2. The Kier molecular flexibility index (Phi) is 13.1. The summed E-state index contributed by atoms with van der Waals surface area (Å²) in [5, 5.41) is 0.587. The molecule has 0 heterocycles. The molecule has 1 unspecified atom stereocenters. The van der Waals surface area contributed by atoms with Gasteiger partial charge in [0.2, 0.25) is 0 Å². The first-order valence-electron chi connectivity index (χ1n) is 4.44. The van der Waals surface area contributed by atoms with Crippen LogP contribution in [0.1, 0.15) is 34.1 Å². The minimum atomic E-state index is 0. The zero-order valence-corrected chi connectivity index (χ0v) is 13.7. The van der Waals surface area contributed by atoms with E-state index in [9.17, 15) is 0 Å². The summed E-state index contributed by atoms with van der Waals surface area (Å²) in [6.07, 6.45) is 8.74. The molecule has 1 rings (SSSR count). The molecular formula is C11H19Cl2STi-. The predicted molar refractivity (Wildman–Crippen MR) is 71.8 cm³/mol. The Hall–Kier alpha value is 1.12. The van der Waals surface area contributed by atoms with Crippen LogP contribution >= 0.6 is 36.6 Å². The van der Waals surface area contributed by atoms with Crippen molar-refractivity contribution in [1.29, 1.82) is 0 Å². The van der Waals surface area contributed by atoms with Crippen molar-refractivity contribution >= 4 is 36.6 Å². The van der Waals surface area contributed by atoms with E-state index in [-0.39, 0.29) is 46.5 Å². The summed E-state index contributed by atoms with van der Waals surface area (Å²) >= 11 is 2.00. The van der Waals surface area contributed by atoms with E-state index >= 15 is 0 Å². The monoisotopic (exact) mass is 301 g/mol. The first kappa shape index (κ1) is 21.4. The summed E-state index contributed by atoms with van der Waals surface area (Å²) < 4.78 is 0.352. The van der Waals surface area contributed by atoms with Crippen LogP contribution in [0.4, 0.5) is 0 Å². The van der Waals surface area contributed by atoms with Crippen molar-refractivity contribution < 1.29 is 21.7 Å². The van der Waals surface area contributed by atoms with Gasteiger partial charge in [0, 0.05) is 26.5 Å². The van der Waals surface area contributed by atoms with Crippen LogP contribution in [0.2, 0.25) is 0 Å². The Balaban J connectivity index is -0.000000480. The van der Waals surface area contributed by atoms with Gasteiger partial charge in [-0.15, -0.1) is 31.2 Å². The molecule has 0 aromatic heterocycles. The smallest absolute Gasteiger partial charge is 0.00800 e. The van der Waals surface area contributed by atoms with E-state index in [0.29, 0.717) is 10.00 Å². The third-order valence-electron chi connectivity index (χ3n) is 1.69. The van der Waals surface area contributed by atoms with Crippen LogP contribution in [0.15, 0.2) is 17.7 Å². The molecule has 0 fully saturated rings. The van der Waals surface area contributed by atoms with Gasteiger partial charge in [0.15, 0.2) is 0 Å². The third-order valence-corrected chi connectivity index (χ3v) is 3.00. The number of halogens is 2. The number of hydrogen-bond acceptors (Lipinski definition) is 1. The Labute approximate surface area is 125 Å². The van der Waals surface area contributed by atoms with Crippen molar-refractivity contribution in [3.8, 4) is 0 Å². The molecule has 0 aliphatic heterocycles. The summed E-state index contributed by atoms with van der Waals surface area (Å²) in [5.74, 6) is 0. The van der Waals surface area contributed by atoms with E-state index in [1.54, 1.807) is 0 Å². The van der Waals surface area contributed by atoms with Gasteiger partial charge in [-0.1, -0.05) is 27.7 Å². The van der Waals surface area contributed by atoms with Gasteiger partial charge in [0.05, 0.1) is 0 Å². The van der Waals surface area contributed by atoms with Crippen LogP contribution in [-0.4, -0.2) is 10.00 Å². The second kappa shape index (κ2) is 9.19. The largest absolute Gasteiger partial charge is 0.268 e. The van der Waals surface area contributed by atoms with Crippen LogP contribution < -0.4 is 0 Å². The maximum Gasteiger partial charge on any atom is 0.00800 e. The Bertz CT molecular complexity index is 219. The predicted octanol–water partition coefficient (Wildman–Crippen LogP) is 4.44. The fourth-order valence-electron chi connectivity index (χ4n) is 1.29. The van der Waals surface area contributed by atoms with Gasteiger partial charge in [0.25, 0.3) is 0 Å². The number of thioether (sulfide) groups is 1. The third kappa shape index (κ3) is 8.88. The van der Waals surface area contributed by atoms with Crippen LogP contribution in [0.5, 0.6) is 0 Å². The fourth-order valence-corrected chi connectivity index (χ4v) is 2.64. The van der Waals surface area contributed by atoms with E-state index in [1.807, 2.05) is 11.8 Å². The van der Waals surface area contributed by atoms with Gasteiger partial charge >= 0.3 is 0 Å². The molecule has 0 N–H and O–H groups in total. The van der Waals surface area contributed by atoms with Crippen molar-refractivity contribution in [2.45, 2.75) is 44.1 Å². The van der Waals surface area contributed by atoms with Crippen LogP contribution in [-0.2, 0) is 21.7 Å². The van der Waals surface area contributed by atoms with Gasteiger partial charge in [-0.05, 0) is 5.25 Å². The standard InChI is InChI=1S/C11H17S.2ClH.Ti/c1-9(12-11(2,3)4)10-7-5-6-8-10;;;/h5,7,9H,6H2,1-4H3;2*1H;/q-1;;;. The van der Waals surface area contributed by atoms with Crippen molar-refractivity contribution in [2.24, 2.45) is 0 Å². The van der Waals surface area contributed by atoms with Crippen LogP contribution in [0.25, 0.3) is 0 Å². The van der Waals surface area contributed by atoms with Crippen molar-refractivity contribution in [3.05, 3.63) is 23.8 Å². The topological polar surface area (TPSA) is 0 Å². The molecule has 0 saturated carbocycles. The number of hydrogen-bond donors (Lipinski definition) is 0. The summed E-state index contributed by atoms with van der Waals surface area (Å²) in [7, 11) is 0. The molecule has 0 radical (unpaired) electrons. The quantitative estimate of drug-likeness (QED) is 0.537. The summed E-state index contributed by atoms with van der Waals surface area (Å²) in [5.41, 5.74) is 1.37. The first-order valence-corrected chi connectivity index (χ1v) is 5.32. The average Bonchev–Trinajstić information content (AvgIpc) is 2.32. The normalized spacial score (nSPS) is 15.6. The SMILES string of the molecule is CC(SC(C)(C)C)C1=[C-]CC=C1.Cl.Cl.[Ti]. The Morgan fingerprint density at radius 1 is 1.33 bits per heavy atom. The summed E-state index contributed by atoms with van der Waals surface area (Å²) in [6, 6.07) is 0. The minimum Gasteiger partial charge on any atom is -0.268 e. The van der Waals surface area contributed by atoms with Gasteiger partial charge in [-0.2, -0.15) is 17.8 Å². The van der Waals surface area contributed by atoms with Gasteiger partial charge in [0.1, 0.15) is 0 Å². The first-order chi connectivity index (χ1) is 5.49. The van der Waals surface area contributed by atoms with Crippen LogP contribution in [0.3, 0.4) is 0 Å². The van der Waals surface area contributed by atoms with Crippen LogP contribution in [0, 0.1) is 6.08 Å². The van der Waals surface area contributed by atoms with E-state index in [4.69, 9.17) is 0 Å². The molecule has 0 aromatic rings. The number of allylic oxidation sites excluding steroid dienone is 3. The van der Waals surface area contributed by atoms with Crippen molar-refractivity contribution in [2.75, 3.05) is 0 Å². The molecular weight excluding hydrogens is 283 g/mol. The maximum atomic E-state index is 3.36. The molecule has 88 valence electrons. The second-order valence-electron chi connectivity index (χ2n) is 4.11. The van der Waals surface area contributed by atoms with Crippen molar-refractivity contribution in [1.82, 2.24) is 0 Å². The van der Waals surface area contributed by atoms with Gasteiger partial charge in [-0.25, -0.2) is 11.6 Å². The molecule has 0 saturated heterocycles. The average molecular weight is 302 g/mol. The molecule has 0 aromatic carbocycles. The maximum absolute atomic E-state index is 3.36. The molecule has 0 amide bonds. The molecule has 0 spiro atoms. The fraction of sp³-hybridized carbons (Fsp3) is 0.636. The zero-order chi connectivity index (χ0) is 9.19. The van der Waals surface area contributed by atoms with E-state index in [0.717, 1.165) is 6.42 Å².